The summed E-state index contributed by atoms with van der Waals surface area (Å²) in [5.41, 5.74) is 3.82. The molecule has 1 N–H and O–H groups in total. The zero-order valence-electron chi connectivity index (χ0n) is 9.98. The van der Waals surface area contributed by atoms with Crippen molar-refractivity contribution >= 4 is 0 Å². The maximum Gasteiger partial charge on any atom is 0.0320 e. The van der Waals surface area contributed by atoms with E-state index in [0.29, 0.717) is 5.54 Å². The van der Waals surface area contributed by atoms with Crippen LogP contribution in [-0.4, -0.2) is 23.6 Å². The highest BCUT2D eigenvalue weighted by Crippen LogP contribution is 2.20. The molecule has 0 atom stereocenters. The second kappa shape index (κ2) is 6.39. The smallest absolute Gasteiger partial charge is 0.0320 e. The van der Waals surface area contributed by atoms with Crippen LogP contribution >= 0.6 is 0 Å². The molecular weight excluding hydrogens is 160 g/mol. The van der Waals surface area contributed by atoms with Crippen LogP contribution in [0.25, 0.3) is 0 Å². The fraction of sp³-hybridized carbons (Fsp3) is 1.00. The summed E-state index contributed by atoms with van der Waals surface area (Å²) in [6.07, 6.45) is 3.60. The van der Waals surface area contributed by atoms with Gasteiger partial charge in [0.25, 0.3) is 0 Å². The molecule has 0 saturated heterocycles. The summed E-state index contributed by atoms with van der Waals surface area (Å²) in [7, 11) is 0. The third-order valence-electron chi connectivity index (χ3n) is 3.04. The van der Waals surface area contributed by atoms with Crippen LogP contribution in [0.5, 0.6) is 0 Å². The van der Waals surface area contributed by atoms with Crippen molar-refractivity contribution in [2.75, 3.05) is 13.1 Å². The number of hydrogen-bond donors (Lipinski definition) is 1. The molecule has 0 saturated carbocycles. The highest BCUT2D eigenvalue weighted by molar-refractivity contribution is 4.80. The Balaban J connectivity index is 4.16. The van der Waals surface area contributed by atoms with Crippen LogP contribution in [0.4, 0.5) is 0 Å². The lowest BCUT2D eigenvalue weighted by Gasteiger charge is -2.40. The molecule has 0 aromatic carbocycles. The van der Waals surface area contributed by atoms with Crippen molar-refractivity contribution in [3.63, 3.8) is 0 Å². The maximum absolute atomic E-state index is 3.49. The molecule has 2 nitrogen and oxygen atoms in total. The lowest BCUT2D eigenvalue weighted by molar-refractivity contribution is 0.0450. The predicted molar refractivity (Wildman–Crippen MR) is 59.7 cm³/mol. The third kappa shape index (κ3) is 3.65. The summed E-state index contributed by atoms with van der Waals surface area (Å²) in [4.78, 5) is 0. The normalized spacial score (nSPS) is 12.5. The summed E-state index contributed by atoms with van der Waals surface area (Å²) in [6.45, 7) is 13.4. The highest BCUT2D eigenvalue weighted by Gasteiger charge is 2.26. The molecule has 0 heterocycles. The summed E-state index contributed by atoms with van der Waals surface area (Å²) in [6, 6.07) is 0. The van der Waals surface area contributed by atoms with Gasteiger partial charge in [0.15, 0.2) is 0 Å². The van der Waals surface area contributed by atoms with Crippen molar-refractivity contribution in [3.8, 4) is 0 Å². The zero-order chi connectivity index (χ0) is 10.3. The molecule has 13 heavy (non-hydrogen) atoms. The monoisotopic (exact) mass is 186 g/mol. The van der Waals surface area contributed by atoms with Crippen molar-refractivity contribution in [2.24, 2.45) is 0 Å². The first-order valence-electron chi connectivity index (χ1n) is 5.65. The average molecular weight is 186 g/mol. The molecule has 0 rings (SSSR count). The zero-order valence-corrected chi connectivity index (χ0v) is 9.98. The minimum atomic E-state index is 0.323. The van der Waals surface area contributed by atoms with E-state index in [9.17, 15) is 0 Å². The first kappa shape index (κ1) is 12.9. The summed E-state index contributed by atoms with van der Waals surface area (Å²) >= 11 is 0. The van der Waals surface area contributed by atoms with Gasteiger partial charge in [0.1, 0.15) is 0 Å². The summed E-state index contributed by atoms with van der Waals surface area (Å²) in [5.74, 6) is 0. The standard InChI is InChI=1S/C11H26N2/c1-6-10-12-13(9-4)11(5,7-2)8-3/h12H,6-10H2,1-5H3. The number of nitrogens with one attached hydrogen (secondary N) is 1. The Bertz CT molecular complexity index is 119. The summed E-state index contributed by atoms with van der Waals surface area (Å²) in [5, 5.41) is 2.39. The van der Waals surface area contributed by atoms with E-state index >= 15 is 0 Å². The number of hydrazine groups is 1. The van der Waals surface area contributed by atoms with Crippen molar-refractivity contribution in [1.29, 1.82) is 0 Å². The highest BCUT2D eigenvalue weighted by atomic mass is 15.5. The van der Waals surface area contributed by atoms with Crippen LogP contribution in [-0.2, 0) is 0 Å². The third-order valence-corrected chi connectivity index (χ3v) is 3.04. The molecule has 0 aliphatic carbocycles. The van der Waals surface area contributed by atoms with E-state index in [1.165, 1.54) is 19.3 Å². The van der Waals surface area contributed by atoms with Gasteiger partial charge in [-0.25, -0.2) is 5.01 Å². The largest absolute Gasteiger partial charge is 0.255 e. The van der Waals surface area contributed by atoms with Crippen molar-refractivity contribution in [2.45, 2.75) is 59.4 Å². The quantitative estimate of drug-likeness (QED) is 0.615. The molecule has 0 aromatic heterocycles. The molecule has 0 fully saturated rings. The first-order valence-corrected chi connectivity index (χ1v) is 5.65. The number of nitrogens with zero attached hydrogens (tertiary/aromatic N) is 1. The Morgan fingerprint density at radius 3 is 1.92 bits per heavy atom. The van der Waals surface area contributed by atoms with E-state index < -0.39 is 0 Å². The van der Waals surface area contributed by atoms with Crippen LogP contribution in [0, 0.1) is 0 Å². The van der Waals surface area contributed by atoms with Gasteiger partial charge < -0.3 is 0 Å². The van der Waals surface area contributed by atoms with E-state index in [0.717, 1.165) is 13.1 Å². The van der Waals surface area contributed by atoms with Gasteiger partial charge in [-0.2, -0.15) is 0 Å². The topological polar surface area (TPSA) is 15.3 Å². The fourth-order valence-electron chi connectivity index (χ4n) is 1.56. The Kier molecular flexibility index (Phi) is 6.35. The molecule has 0 unspecified atom stereocenters. The van der Waals surface area contributed by atoms with E-state index in [-0.39, 0.29) is 0 Å². The van der Waals surface area contributed by atoms with Gasteiger partial charge in [-0.1, -0.05) is 27.7 Å². The second-order valence-electron chi connectivity index (χ2n) is 3.86. The van der Waals surface area contributed by atoms with Crippen LogP contribution in [0.1, 0.15) is 53.9 Å². The second-order valence-corrected chi connectivity index (χ2v) is 3.86. The van der Waals surface area contributed by atoms with Gasteiger partial charge >= 0.3 is 0 Å². The van der Waals surface area contributed by atoms with Crippen LogP contribution in [0.2, 0.25) is 0 Å². The molecule has 0 radical (unpaired) electrons. The molecule has 0 aromatic rings. The lowest BCUT2D eigenvalue weighted by atomic mass is 9.95. The molecule has 0 aliphatic rings. The SMILES string of the molecule is CCCNN(CC)C(C)(CC)CC. The molecule has 0 bridgehead atoms. The molecular formula is C11H26N2. The van der Waals surface area contributed by atoms with Crippen molar-refractivity contribution < 1.29 is 0 Å². The lowest BCUT2D eigenvalue weighted by Crippen LogP contribution is -2.53. The van der Waals surface area contributed by atoms with E-state index in [4.69, 9.17) is 0 Å². The van der Waals surface area contributed by atoms with Gasteiger partial charge in [0.2, 0.25) is 0 Å². The predicted octanol–water partition coefficient (Wildman–Crippen LogP) is 2.80. The molecule has 0 aliphatic heterocycles. The number of rotatable bonds is 7. The van der Waals surface area contributed by atoms with Gasteiger partial charge in [0.05, 0.1) is 0 Å². The van der Waals surface area contributed by atoms with Gasteiger partial charge in [-0.15, -0.1) is 0 Å². The molecule has 80 valence electrons. The Hall–Kier alpha value is -0.0800. The van der Waals surface area contributed by atoms with Gasteiger partial charge in [0, 0.05) is 18.6 Å². The van der Waals surface area contributed by atoms with Gasteiger partial charge in [-0.3, -0.25) is 5.43 Å². The molecule has 0 amide bonds. The van der Waals surface area contributed by atoms with Crippen LogP contribution < -0.4 is 5.43 Å². The fourth-order valence-corrected chi connectivity index (χ4v) is 1.56. The Labute approximate surface area is 83.7 Å². The average Bonchev–Trinajstić information content (AvgIpc) is 2.18. The molecule has 2 heteroatoms. The Morgan fingerprint density at radius 1 is 1.08 bits per heavy atom. The Morgan fingerprint density at radius 2 is 1.62 bits per heavy atom. The van der Waals surface area contributed by atoms with E-state index in [1.807, 2.05) is 0 Å². The van der Waals surface area contributed by atoms with Crippen LogP contribution in [0.3, 0.4) is 0 Å². The van der Waals surface area contributed by atoms with Crippen LogP contribution in [0.15, 0.2) is 0 Å². The number of hydrogen-bond acceptors (Lipinski definition) is 2. The van der Waals surface area contributed by atoms with E-state index in [1.54, 1.807) is 0 Å². The maximum atomic E-state index is 3.49. The van der Waals surface area contributed by atoms with Crippen molar-refractivity contribution in [1.82, 2.24) is 10.4 Å². The van der Waals surface area contributed by atoms with Gasteiger partial charge in [-0.05, 0) is 26.2 Å². The minimum absolute atomic E-state index is 0.323. The van der Waals surface area contributed by atoms with E-state index in [2.05, 4.69) is 45.1 Å². The van der Waals surface area contributed by atoms with Crippen molar-refractivity contribution in [3.05, 3.63) is 0 Å². The first-order chi connectivity index (χ1) is 6.14. The summed E-state index contributed by atoms with van der Waals surface area (Å²) < 4.78 is 0. The minimum Gasteiger partial charge on any atom is -0.255 e. The molecule has 0 spiro atoms.